The lowest BCUT2D eigenvalue weighted by atomic mass is 9.92. The van der Waals surface area contributed by atoms with E-state index in [2.05, 4.69) is 88.1 Å². The summed E-state index contributed by atoms with van der Waals surface area (Å²) in [5.74, 6) is 2.03. The molecule has 0 aliphatic carbocycles. The van der Waals surface area contributed by atoms with E-state index in [9.17, 15) is 0 Å². The first-order valence-electron chi connectivity index (χ1n) is 10.5. The number of benzene rings is 2. The molecule has 2 aromatic rings. The summed E-state index contributed by atoms with van der Waals surface area (Å²) >= 11 is 0. The lowest BCUT2D eigenvalue weighted by Crippen LogP contribution is -2.42. The molecular weight excluding hydrogens is 471 g/mol. The predicted molar refractivity (Wildman–Crippen MR) is 134 cm³/mol. The zero-order chi connectivity index (χ0) is 19.6. The minimum Gasteiger partial charge on any atom is -0.356 e. The maximum Gasteiger partial charge on any atom is 0.191 e. The van der Waals surface area contributed by atoms with Crippen molar-refractivity contribution in [2.75, 3.05) is 39.8 Å². The molecular formula is C24H35IN4. The average Bonchev–Trinajstić information content (AvgIpc) is 3.22. The summed E-state index contributed by atoms with van der Waals surface area (Å²) < 4.78 is 0. The van der Waals surface area contributed by atoms with Crippen molar-refractivity contribution in [3.8, 4) is 0 Å². The number of nitrogens with zero attached hydrogens (tertiary/aromatic N) is 2. The van der Waals surface area contributed by atoms with Gasteiger partial charge in [0.25, 0.3) is 0 Å². The van der Waals surface area contributed by atoms with Crippen molar-refractivity contribution in [3.05, 3.63) is 71.8 Å². The van der Waals surface area contributed by atoms with E-state index < -0.39 is 0 Å². The molecule has 1 aliphatic rings. The Balaban J connectivity index is 0.00000300. The van der Waals surface area contributed by atoms with E-state index in [1.54, 1.807) is 0 Å². The van der Waals surface area contributed by atoms with Crippen LogP contribution < -0.4 is 10.6 Å². The number of rotatable bonds is 8. The van der Waals surface area contributed by atoms with Crippen molar-refractivity contribution in [2.24, 2.45) is 10.9 Å². The van der Waals surface area contributed by atoms with Gasteiger partial charge in [-0.2, -0.15) is 0 Å². The molecule has 0 bridgehead atoms. The zero-order valence-corrected chi connectivity index (χ0v) is 20.0. The molecule has 0 amide bonds. The number of likely N-dealkylation sites (tertiary alicyclic amines) is 1. The maximum absolute atomic E-state index is 4.44. The van der Waals surface area contributed by atoms with E-state index >= 15 is 0 Å². The highest BCUT2D eigenvalue weighted by atomic mass is 127. The van der Waals surface area contributed by atoms with Crippen molar-refractivity contribution in [1.82, 2.24) is 15.5 Å². The molecule has 2 atom stereocenters. The monoisotopic (exact) mass is 506 g/mol. The highest BCUT2D eigenvalue weighted by Gasteiger charge is 2.21. The fourth-order valence-electron chi connectivity index (χ4n) is 3.98. The zero-order valence-electron chi connectivity index (χ0n) is 17.7. The first kappa shape index (κ1) is 23.7. The molecule has 0 saturated carbocycles. The Morgan fingerprint density at radius 2 is 1.76 bits per heavy atom. The van der Waals surface area contributed by atoms with Crippen LogP contribution in [0.1, 0.15) is 30.4 Å². The van der Waals surface area contributed by atoms with Crippen LogP contribution in [0, 0.1) is 5.92 Å². The lowest BCUT2D eigenvalue weighted by Gasteiger charge is -2.21. The predicted octanol–water partition coefficient (Wildman–Crippen LogP) is 4.14. The number of hydrogen-bond acceptors (Lipinski definition) is 2. The Labute approximate surface area is 193 Å². The van der Waals surface area contributed by atoms with Gasteiger partial charge in [0.1, 0.15) is 0 Å². The Morgan fingerprint density at radius 1 is 1.07 bits per heavy atom. The largest absolute Gasteiger partial charge is 0.356 e. The summed E-state index contributed by atoms with van der Waals surface area (Å²) in [7, 11) is 1.86. The minimum atomic E-state index is 0. The highest BCUT2D eigenvalue weighted by Crippen LogP contribution is 2.20. The van der Waals surface area contributed by atoms with Gasteiger partial charge < -0.3 is 15.5 Å². The molecule has 1 saturated heterocycles. The number of aliphatic imine (C=N–C) groups is 1. The third-order valence-electron chi connectivity index (χ3n) is 5.71. The standard InChI is InChI=1S/C24H34N4.HI/c1-3-28-15-14-21(19-28)17-26-24(25-2)27-18-23(22-12-8-5-9-13-22)16-20-10-6-4-7-11-20;/h4-13,21,23H,3,14-19H2,1-2H3,(H2,25,26,27);1H. The normalized spacial score (nSPS) is 18.1. The van der Waals surface area contributed by atoms with E-state index in [1.807, 2.05) is 7.05 Å². The first-order chi connectivity index (χ1) is 13.8. The molecule has 2 aromatic carbocycles. The smallest absolute Gasteiger partial charge is 0.191 e. The van der Waals surface area contributed by atoms with Gasteiger partial charge in [0.2, 0.25) is 0 Å². The molecule has 2 unspecified atom stereocenters. The lowest BCUT2D eigenvalue weighted by molar-refractivity contribution is 0.341. The summed E-state index contributed by atoms with van der Waals surface area (Å²) in [6.45, 7) is 7.67. The summed E-state index contributed by atoms with van der Waals surface area (Å²) in [6.07, 6.45) is 2.29. The van der Waals surface area contributed by atoms with E-state index in [0.717, 1.165) is 32.0 Å². The first-order valence-corrected chi connectivity index (χ1v) is 10.5. The van der Waals surface area contributed by atoms with Gasteiger partial charge in [0.15, 0.2) is 5.96 Å². The Morgan fingerprint density at radius 3 is 2.38 bits per heavy atom. The molecule has 0 radical (unpaired) electrons. The van der Waals surface area contributed by atoms with Gasteiger partial charge in [-0.05, 0) is 43.0 Å². The van der Waals surface area contributed by atoms with E-state index in [1.165, 1.54) is 30.6 Å². The summed E-state index contributed by atoms with van der Waals surface area (Å²) in [4.78, 5) is 6.96. The number of guanidine groups is 1. The van der Waals surface area contributed by atoms with Gasteiger partial charge in [-0.15, -0.1) is 24.0 Å². The van der Waals surface area contributed by atoms with Gasteiger partial charge in [0.05, 0.1) is 0 Å². The van der Waals surface area contributed by atoms with Gasteiger partial charge in [-0.3, -0.25) is 4.99 Å². The molecule has 0 aromatic heterocycles. The molecule has 2 N–H and O–H groups in total. The molecule has 0 spiro atoms. The second kappa shape index (κ2) is 12.9. The van der Waals surface area contributed by atoms with Gasteiger partial charge in [-0.25, -0.2) is 0 Å². The van der Waals surface area contributed by atoms with Crippen LogP contribution >= 0.6 is 24.0 Å². The van der Waals surface area contributed by atoms with Gasteiger partial charge in [0, 0.05) is 32.6 Å². The summed E-state index contributed by atoms with van der Waals surface area (Å²) in [5, 5.41) is 7.10. The second-order valence-electron chi connectivity index (χ2n) is 7.68. The van der Waals surface area contributed by atoms with Crippen molar-refractivity contribution in [2.45, 2.75) is 25.7 Å². The molecule has 158 valence electrons. The summed E-state index contributed by atoms with van der Waals surface area (Å²) in [6, 6.07) is 21.5. The topological polar surface area (TPSA) is 39.7 Å². The van der Waals surface area contributed by atoms with Crippen molar-refractivity contribution >= 4 is 29.9 Å². The summed E-state index contributed by atoms with van der Waals surface area (Å²) in [5.41, 5.74) is 2.73. The van der Waals surface area contributed by atoms with Crippen molar-refractivity contribution < 1.29 is 0 Å². The van der Waals surface area contributed by atoms with Crippen LogP contribution in [0.3, 0.4) is 0 Å². The van der Waals surface area contributed by atoms with Crippen LogP contribution in [-0.4, -0.2) is 50.6 Å². The molecule has 1 heterocycles. The third-order valence-corrected chi connectivity index (χ3v) is 5.71. The maximum atomic E-state index is 4.44. The van der Waals surface area contributed by atoms with Crippen LogP contribution in [0.4, 0.5) is 0 Å². The van der Waals surface area contributed by atoms with Crippen molar-refractivity contribution in [1.29, 1.82) is 0 Å². The Hall–Kier alpha value is -1.60. The molecule has 3 rings (SSSR count). The van der Waals surface area contributed by atoms with E-state index in [0.29, 0.717) is 11.8 Å². The highest BCUT2D eigenvalue weighted by molar-refractivity contribution is 14.0. The minimum absolute atomic E-state index is 0. The molecule has 1 fully saturated rings. The van der Waals surface area contributed by atoms with Gasteiger partial charge in [-0.1, -0.05) is 67.6 Å². The second-order valence-corrected chi connectivity index (χ2v) is 7.68. The van der Waals surface area contributed by atoms with Crippen LogP contribution in [-0.2, 0) is 6.42 Å². The number of hydrogen-bond donors (Lipinski definition) is 2. The molecule has 5 heteroatoms. The SMILES string of the molecule is CCN1CCC(CNC(=NC)NCC(Cc2ccccc2)c2ccccc2)C1.I. The van der Waals surface area contributed by atoms with Crippen LogP contribution in [0.2, 0.25) is 0 Å². The molecule has 4 nitrogen and oxygen atoms in total. The van der Waals surface area contributed by atoms with Crippen molar-refractivity contribution in [3.63, 3.8) is 0 Å². The fourth-order valence-corrected chi connectivity index (χ4v) is 3.98. The van der Waals surface area contributed by atoms with Gasteiger partial charge >= 0.3 is 0 Å². The Kier molecular flexibility index (Phi) is 10.5. The molecule has 1 aliphatic heterocycles. The number of halogens is 1. The van der Waals surface area contributed by atoms with Crippen LogP contribution in [0.15, 0.2) is 65.7 Å². The van der Waals surface area contributed by atoms with E-state index in [4.69, 9.17) is 0 Å². The van der Waals surface area contributed by atoms with Crippen LogP contribution in [0.25, 0.3) is 0 Å². The van der Waals surface area contributed by atoms with E-state index in [-0.39, 0.29) is 24.0 Å². The average molecular weight is 506 g/mol. The molecule has 29 heavy (non-hydrogen) atoms. The van der Waals surface area contributed by atoms with Crippen LogP contribution in [0.5, 0.6) is 0 Å². The quantitative estimate of drug-likeness (QED) is 0.321. The fraction of sp³-hybridized carbons (Fsp3) is 0.458. The third kappa shape index (κ3) is 7.63. The number of nitrogens with one attached hydrogen (secondary N) is 2. The Bertz CT molecular complexity index is 720.